The van der Waals surface area contributed by atoms with E-state index in [1.807, 2.05) is 0 Å². The zero-order chi connectivity index (χ0) is 39.0. The number of hydrogen-bond donors (Lipinski definition) is 0. The van der Waals surface area contributed by atoms with Crippen LogP contribution in [0, 0.1) is 23.7 Å². The Balaban J connectivity index is 0.956. The van der Waals surface area contributed by atoms with E-state index in [1.54, 1.807) is 5.56 Å². The van der Waals surface area contributed by atoms with E-state index in [4.69, 9.17) is 0 Å². The van der Waals surface area contributed by atoms with Crippen molar-refractivity contribution in [3.63, 3.8) is 0 Å². The van der Waals surface area contributed by atoms with Gasteiger partial charge in [-0.25, -0.2) is 0 Å². The minimum Gasteiger partial charge on any atom is -0.311 e. The molecule has 0 amide bonds. The van der Waals surface area contributed by atoms with Crippen molar-refractivity contribution in [3.8, 4) is 11.1 Å². The Bertz CT molecular complexity index is 2540. The van der Waals surface area contributed by atoms with Crippen molar-refractivity contribution >= 4 is 34.1 Å². The number of nitrogens with zero attached hydrogens (tertiary/aromatic N) is 2. The molecular formula is C57H52N2. The van der Waals surface area contributed by atoms with E-state index in [9.17, 15) is 0 Å². The molecule has 59 heavy (non-hydrogen) atoms. The Kier molecular flexibility index (Phi) is 8.26. The lowest BCUT2D eigenvalue weighted by atomic mass is 9.42. The van der Waals surface area contributed by atoms with E-state index < -0.39 is 0 Å². The van der Waals surface area contributed by atoms with Crippen LogP contribution < -0.4 is 9.80 Å². The van der Waals surface area contributed by atoms with Crippen LogP contribution in [0.2, 0.25) is 0 Å². The summed E-state index contributed by atoms with van der Waals surface area (Å²) >= 11 is 0. The summed E-state index contributed by atoms with van der Waals surface area (Å²) in [5.41, 5.74) is 16.3. The molecule has 4 bridgehead atoms. The van der Waals surface area contributed by atoms with Gasteiger partial charge in [-0.1, -0.05) is 122 Å². The second-order valence-electron chi connectivity index (χ2n) is 18.5. The van der Waals surface area contributed by atoms with E-state index in [1.165, 1.54) is 120 Å². The molecule has 6 aliphatic rings. The van der Waals surface area contributed by atoms with Crippen molar-refractivity contribution < 1.29 is 0 Å². The molecule has 7 aromatic carbocycles. The van der Waals surface area contributed by atoms with Crippen LogP contribution in [0.25, 0.3) is 11.1 Å². The highest BCUT2D eigenvalue weighted by Gasteiger charge is 2.58. The smallest absolute Gasteiger partial charge is 0.0468 e. The predicted octanol–water partition coefficient (Wildman–Crippen LogP) is 15.2. The van der Waals surface area contributed by atoms with Crippen LogP contribution >= 0.6 is 0 Å². The van der Waals surface area contributed by atoms with E-state index in [2.05, 4.69) is 192 Å². The van der Waals surface area contributed by atoms with Gasteiger partial charge in [-0.3, -0.25) is 0 Å². The molecule has 290 valence electrons. The lowest BCUT2D eigenvalue weighted by Crippen LogP contribution is -2.56. The Morgan fingerprint density at radius 3 is 1.27 bits per heavy atom. The average molecular weight is 765 g/mol. The minimum atomic E-state index is 0.0132. The van der Waals surface area contributed by atoms with Crippen LogP contribution in [-0.4, -0.2) is 0 Å². The molecule has 0 saturated heterocycles. The predicted molar refractivity (Wildman–Crippen MR) is 245 cm³/mol. The zero-order valence-corrected chi connectivity index (χ0v) is 33.9. The molecule has 5 saturated carbocycles. The van der Waals surface area contributed by atoms with Gasteiger partial charge in [0.15, 0.2) is 0 Å². The quantitative estimate of drug-likeness (QED) is 0.152. The summed E-state index contributed by atoms with van der Waals surface area (Å²) in [6.07, 6.45) is 12.0. The molecule has 0 N–H and O–H groups in total. The summed E-state index contributed by atoms with van der Waals surface area (Å²) in [4.78, 5) is 4.89. The molecule has 13 rings (SSSR count). The van der Waals surface area contributed by atoms with Gasteiger partial charge < -0.3 is 9.80 Å². The second kappa shape index (κ2) is 13.9. The molecule has 2 nitrogen and oxygen atoms in total. The third kappa shape index (κ3) is 5.45. The van der Waals surface area contributed by atoms with Crippen molar-refractivity contribution in [2.24, 2.45) is 23.7 Å². The standard InChI is InChI=1S/C57H52N2/c1-4-14-46(15-5-1)58(47-16-6-2-7-17-47)49-26-22-42(23-27-49)57(44-35-40-34-41(37-44)38-45(57)36-40)43-24-28-50(29-25-43)59(48-18-8-3-9-19-48)51-30-31-55-53(39-51)52-20-10-11-21-54(52)56(55)32-12-13-33-56/h1-11,14-31,39-41,44-45H,12-13,32-38H2. The number of benzene rings is 7. The van der Waals surface area contributed by atoms with Crippen molar-refractivity contribution in [2.75, 3.05) is 9.80 Å². The van der Waals surface area contributed by atoms with Gasteiger partial charge in [-0.05, 0) is 175 Å². The number of fused-ring (bicyclic) bond motifs is 5. The van der Waals surface area contributed by atoms with Gasteiger partial charge in [0, 0.05) is 45.0 Å². The highest BCUT2D eigenvalue weighted by Crippen LogP contribution is 2.65. The van der Waals surface area contributed by atoms with Crippen LogP contribution in [-0.2, 0) is 10.8 Å². The first-order valence-electron chi connectivity index (χ1n) is 22.4. The summed E-state index contributed by atoms with van der Waals surface area (Å²) in [6.45, 7) is 0. The molecule has 0 aromatic heterocycles. The Morgan fingerprint density at radius 1 is 0.356 bits per heavy atom. The maximum absolute atomic E-state index is 2.53. The van der Waals surface area contributed by atoms with E-state index >= 15 is 0 Å². The van der Waals surface area contributed by atoms with Gasteiger partial charge in [-0.2, -0.15) is 0 Å². The normalized spacial score (nSPS) is 24.2. The highest BCUT2D eigenvalue weighted by atomic mass is 15.1. The first kappa shape index (κ1) is 35.1. The lowest BCUT2D eigenvalue weighted by molar-refractivity contribution is -0.0418. The fourth-order valence-electron chi connectivity index (χ4n) is 13.5. The van der Waals surface area contributed by atoms with Crippen molar-refractivity contribution in [1.82, 2.24) is 0 Å². The summed E-state index contributed by atoms with van der Waals surface area (Å²) in [6, 6.07) is 69.0. The third-order valence-corrected chi connectivity index (χ3v) is 15.6. The molecule has 0 atom stereocenters. The summed E-state index contributed by atoms with van der Waals surface area (Å²) in [7, 11) is 0. The summed E-state index contributed by atoms with van der Waals surface area (Å²) in [5.74, 6) is 3.11. The van der Waals surface area contributed by atoms with Gasteiger partial charge in [-0.15, -0.1) is 0 Å². The molecule has 0 aliphatic heterocycles. The maximum atomic E-state index is 2.53. The molecule has 0 heterocycles. The number of anilines is 6. The van der Waals surface area contributed by atoms with Crippen LogP contribution in [0.4, 0.5) is 34.1 Å². The van der Waals surface area contributed by atoms with Crippen LogP contribution in [0.3, 0.4) is 0 Å². The maximum Gasteiger partial charge on any atom is 0.0468 e. The number of rotatable bonds is 8. The molecule has 7 aromatic rings. The molecular weight excluding hydrogens is 713 g/mol. The Morgan fingerprint density at radius 2 is 0.763 bits per heavy atom. The van der Waals surface area contributed by atoms with Crippen LogP contribution in [0.15, 0.2) is 182 Å². The molecule has 6 aliphatic carbocycles. The molecule has 0 unspecified atom stereocenters. The summed E-state index contributed by atoms with van der Waals surface area (Å²) < 4.78 is 0. The SMILES string of the molecule is c1ccc(N(c2ccccc2)c2ccc(C3(c4ccc(N(c5ccccc5)c5ccc6c(c5)-c5ccccc5C65CCCC5)cc4)C4CC5CC(C4)CC3C5)cc2)cc1. The van der Waals surface area contributed by atoms with E-state index in [0.717, 1.165) is 11.8 Å². The number of para-hydroxylation sites is 3. The van der Waals surface area contributed by atoms with Crippen LogP contribution in [0.5, 0.6) is 0 Å². The van der Waals surface area contributed by atoms with Gasteiger partial charge in [0.05, 0.1) is 0 Å². The van der Waals surface area contributed by atoms with Gasteiger partial charge in [0.2, 0.25) is 0 Å². The van der Waals surface area contributed by atoms with Gasteiger partial charge in [0.25, 0.3) is 0 Å². The second-order valence-corrected chi connectivity index (χ2v) is 18.5. The highest BCUT2D eigenvalue weighted by molar-refractivity contribution is 5.87. The fourth-order valence-corrected chi connectivity index (χ4v) is 13.5. The fraction of sp³-hybridized carbons (Fsp3) is 0.263. The topological polar surface area (TPSA) is 6.48 Å². The van der Waals surface area contributed by atoms with Crippen molar-refractivity contribution in [3.05, 3.63) is 204 Å². The molecule has 5 fully saturated rings. The van der Waals surface area contributed by atoms with Gasteiger partial charge in [0.1, 0.15) is 0 Å². The lowest BCUT2D eigenvalue weighted by Gasteiger charge is -2.62. The number of hydrogen-bond acceptors (Lipinski definition) is 2. The van der Waals surface area contributed by atoms with Crippen LogP contribution in [0.1, 0.15) is 80.0 Å². The van der Waals surface area contributed by atoms with E-state index in [0.29, 0.717) is 11.8 Å². The first-order valence-corrected chi connectivity index (χ1v) is 22.4. The first-order chi connectivity index (χ1) is 29.2. The third-order valence-electron chi connectivity index (χ3n) is 15.6. The Labute approximate surface area is 350 Å². The zero-order valence-electron chi connectivity index (χ0n) is 33.9. The molecule has 1 spiro atoms. The Hall–Kier alpha value is -5.86. The van der Waals surface area contributed by atoms with Crippen molar-refractivity contribution in [1.29, 1.82) is 0 Å². The average Bonchev–Trinajstić information content (AvgIpc) is 3.89. The molecule has 0 radical (unpaired) electrons. The minimum absolute atomic E-state index is 0.0132. The largest absolute Gasteiger partial charge is 0.311 e. The van der Waals surface area contributed by atoms with Crippen molar-refractivity contribution in [2.45, 2.75) is 68.6 Å². The summed E-state index contributed by atoms with van der Waals surface area (Å²) in [5, 5.41) is 0. The van der Waals surface area contributed by atoms with Gasteiger partial charge >= 0.3 is 0 Å². The monoisotopic (exact) mass is 764 g/mol. The molecule has 2 heteroatoms. The van der Waals surface area contributed by atoms with E-state index in [-0.39, 0.29) is 10.8 Å².